The van der Waals surface area contributed by atoms with Gasteiger partial charge in [-0.25, -0.2) is 15.0 Å². The number of amides is 1. The highest BCUT2D eigenvalue weighted by Gasteiger charge is 2.24. The van der Waals surface area contributed by atoms with E-state index in [4.69, 9.17) is 26.2 Å². The molecule has 0 radical (unpaired) electrons. The third kappa shape index (κ3) is 11.6. The molecule has 5 aromatic rings. The minimum atomic E-state index is -0.671. The van der Waals surface area contributed by atoms with E-state index in [1.165, 1.54) is 22.5 Å². The molecule has 54 heavy (non-hydrogen) atoms. The topological polar surface area (TPSA) is 124 Å². The van der Waals surface area contributed by atoms with Crippen molar-refractivity contribution >= 4 is 52.1 Å². The van der Waals surface area contributed by atoms with Crippen LogP contribution in [0.25, 0.3) is 12.2 Å². The first-order chi connectivity index (χ1) is 26.1. The molecule has 2 aliphatic carbocycles. The Morgan fingerprint density at radius 1 is 0.722 bits per heavy atom. The maximum Gasteiger partial charge on any atom is 0.306 e. The van der Waals surface area contributed by atoms with Gasteiger partial charge in [-0.05, 0) is 112 Å². The Balaban J connectivity index is 0.000000189. The molecule has 2 saturated carbocycles. The van der Waals surface area contributed by atoms with Crippen molar-refractivity contribution in [3.63, 3.8) is 0 Å². The van der Waals surface area contributed by atoms with Gasteiger partial charge < -0.3 is 19.9 Å². The second kappa shape index (κ2) is 18.6. The van der Waals surface area contributed by atoms with Gasteiger partial charge in [-0.3, -0.25) is 9.59 Å². The van der Waals surface area contributed by atoms with Crippen molar-refractivity contribution in [2.75, 3.05) is 5.32 Å². The molecule has 2 aromatic carbocycles. The summed E-state index contributed by atoms with van der Waals surface area (Å²) in [6, 6.07) is 23.5. The summed E-state index contributed by atoms with van der Waals surface area (Å²) < 4.78 is 12.2. The number of hydrogen-bond donors (Lipinski definition) is 2. The molecular weight excluding hydrogens is 720 g/mol. The fraction of sp³-hybridized carbons (Fsp3) is 0.279. The molecule has 1 amide bonds. The molecule has 0 unspecified atom stereocenters. The molecule has 0 atom stereocenters. The highest BCUT2D eigenvalue weighted by molar-refractivity contribution is 7.19. The van der Waals surface area contributed by atoms with Crippen LogP contribution in [0.1, 0.15) is 73.6 Å². The molecule has 278 valence electrons. The summed E-state index contributed by atoms with van der Waals surface area (Å²) in [4.78, 5) is 36.1. The van der Waals surface area contributed by atoms with Gasteiger partial charge in [-0.1, -0.05) is 82.6 Å². The third-order valence-electron chi connectivity index (χ3n) is 9.35. The van der Waals surface area contributed by atoms with Crippen molar-refractivity contribution in [2.45, 2.75) is 65.2 Å². The SMILES string of the molecule is Cc1ccc(Oc2cccc(C=C3CCC(C(=O)Nc4ncc(Cl)s4)CC3)c2)nc1.Cc1ccc(Oc2cccc(C=C3CCC(C(=O)O)CC3)c2)nc1. The van der Waals surface area contributed by atoms with Crippen LogP contribution in [0.3, 0.4) is 0 Å². The number of pyridine rings is 2. The van der Waals surface area contributed by atoms with Gasteiger partial charge in [0.25, 0.3) is 0 Å². The Morgan fingerprint density at radius 2 is 1.22 bits per heavy atom. The first-order valence-corrected chi connectivity index (χ1v) is 19.3. The normalized spacial score (nSPS) is 16.7. The number of rotatable bonds is 9. The Kier molecular flexibility index (Phi) is 13.2. The highest BCUT2D eigenvalue weighted by atomic mass is 35.5. The molecule has 0 aliphatic heterocycles. The quantitative estimate of drug-likeness (QED) is 0.152. The monoisotopic (exact) mass is 762 g/mol. The number of ether oxygens (including phenoxy) is 2. The number of nitrogens with one attached hydrogen (secondary N) is 1. The fourth-order valence-electron chi connectivity index (χ4n) is 6.37. The Labute approximate surface area is 324 Å². The number of thiazole rings is 1. The molecule has 2 aliphatic rings. The van der Waals surface area contributed by atoms with Gasteiger partial charge in [0.1, 0.15) is 15.8 Å². The molecule has 11 heteroatoms. The van der Waals surface area contributed by atoms with E-state index in [0.29, 0.717) is 21.2 Å². The van der Waals surface area contributed by atoms with E-state index in [-0.39, 0.29) is 17.7 Å². The van der Waals surface area contributed by atoms with Gasteiger partial charge in [0.15, 0.2) is 5.13 Å². The van der Waals surface area contributed by atoms with Crippen molar-refractivity contribution in [3.05, 3.63) is 129 Å². The second-order valence-corrected chi connectivity index (χ2v) is 15.3. The van der Waals surface area contributed by atoms with Gasteiger partial charge in [0.05, 0.1) is 12.1 Å². The summed E-state index contributed by atoms with van der Waals surface area (Å²) in [7, 11) is 0. The van der Waals surface area contributed by atoms with Gasteiger partial charge in [0, 0.05) is 30.4 Å². The number of carbonyl (C=O) groups excluding carboxylic acids is 1. The van der Waals surface area contributed by atoms with Crippen molar-refractivity contribution in [3.8, 4) is 23.3 Å². The minimum Gasteiger partial charge on any atom is -0.481 e. The summed E-state index contributed by atoms with van der Waals surface area (Å²) in [6.45, 7) is 3.99. The van der Waals surface area contributed by atoms with Crippen LogP contribution in [0.4, 0.5) is 5.13 Å². The predicted molar refractivity (Wildman–Crippen MR) is 214 cm³/mol. The van der Waals surface area contributed by atoms with E-state index in [0.717, 1.165) is 85.1 Å². The summed E-state index contributed by atoms with van der Waals surface area (Å²) in [5, 5.41) is 12.5. The molecule has 2 N–H and O–H groups in total. The lowest BCUT2D eigenvalue weighted by atomic mass is 9.84. The number of nitrogens with zero attached hydrogens (tertiary/aromatic N) is 3. The standard InChI is InChI=1S/C23H22ClN3O2S.C20H21NO3/c1-15-5-10-21(25-13-15)29-19-4-2-3-17(12-19)11-16-6-8-18(9-7-16)22(28)27-23-26-14-20(24)30-23;1-14-5-10-19(21-13-14)24-18-4-2-3-16(12-18)11-15-6-8-17(9-7-15)20(22)23/h2-5,10-14,18H,6-9H2,1H3,(H,26,27,28);2-5,10-13,17H,6-9H2,1H3,(H,22,23). The molecule has 0 saturated heterocycles. The van der Waals surface area contributed by atoms with Crippen LogP contribution in [0.5, 0.6) is 23.3 Å². The zero-order valence-electron chi connectivity index (χ0n) is 30.3. The van der Waals surface area contributed by atoms with Gasteiger partial charge in [-0.15, -0.1) is 0 Å². The highest BCUT2D eigenvalue weighted by Crippen LogP contribution is 2.33. The Hall–Kier alpha value is -5.32. The second-order valence-electron chi connectivity index (χ2n) is 13.6. The van der Waals surface area contributed by atoms with E-state index in [9.17, 15) is 9.59 Å². The number of benzene rings is 2. The molecule has 2 fully saturated rings. The molecule has 3 aromatic heterocycles. The van der Waals surface area contributed by atoms with Crippen molar-refractivity contribution in [1.29, 1.82) is 0 Å². The largest absolute Gasteiger partial charge is 0.481 e. The molecule has 7 rings (SSSR count). The number of carboxylic acid groups (broad SMARTS) is 1. The van der Waals surface area contributed by atoms with E-state index < -0.39 is 5.97 Å². The first kappa shape index (κ1) is 38.4. The predicted octanol–water partition coefficient (Wildman–Crippen LogP) is 11.3. The Morgan fingerprint density at radius 3 is 1.65 bits per heavy atom. The zero-order valence-corrected chi connectivity index (χ0v) is 31.9. The average molecular weight is 763 g/mol. The van der Waals surface area contributed by atoms with Gasteiger partial charge in [-0.2, -0.15) is 0 Å². The van der Waals surface area contributed by atoms with Crippen molar-refractivity contribution < 1.29 is 24.2 Å². The van der Waals surface area contributed by atoms with E-state index in [2.05, 4.69) is 38.5 Å². The maximum atomic E-state index is 12.5. The molecule has 9 nitrogen and oxygen atoms in total. The number of aromatic nitrogens is 3. The number of aliphatic carboxylic acids is 1. The summed E-state index contributed by atoms with van der Waals surface area (Å²) in [5.74, 6) is 1.84. The van der Waals surface area contributed by atoms with Crippen LogP contribution in [-0.4, -0.2) is 31.9 Å². The Bertz CT molecular complexity index is 2090. The smallest absolute Gasteiger partial charge is 0.306 e. The molecule has 0 bridgehead atoms. The van der Waals surface area contributed by atoms with Crippen LogP contribution in [0.15, 0.2) is 103 Å². The van der Waals surface area contributed by atoms with Crippen LogP contribution >= 0.6 is 22.9 Å². The zero-order chi connectivity index (χ0) is 37.9. The van der Waals surface area contributed by atoms with Crippen LogP contribution < -0.4 is 14.8 Å². The number of carbonyl (C=O) groups is 2. The van der Waals surface area contributed by atoms with E-state index in [1.807, 2.05) is 80.6 Å². The molecule has 3 heterocycles. The lowest BCUT2D eigenvalue weighted by Gasteiger charge is -2.22. The lowest BCUT2D eigenvalue weighted by molar-refractivity contribution is -0.142. The number of aryl methyl sites for hydroxylation is 2. The summed E-state index contributed by atoms with van der Waals surface area (Å²) in [5.41, 5.74) is 7.01. The molecule has 0 spiro atoms. The van der Waals surface area contributed by atoms with Crippen LogP contribution in [0, 0.1) is 25.7 Å². The van der Waals surface area contributed by atoms with Gasteiger partial charge >= 0.3 is 5.97 Å². The van der Waals surface area contributed by atoms with Crippen molar-refractivity contribution in [1.82, 2.24) is 15.0 Å². The number of carboxylic acids is 1. The van der Waals surface area contributed by atoms with Crippen LogP contribution in [-0.2, 0) is 9.59 Å². The minimum absolute atomic E-state index is 0.00658. The van der Waals surface area contributed by atoms with Gasteiger partial charge in [0.2, 0.25) is 17.7 Å². The number of allylic oxidation sites excluding steroid dienone is 2. The third-order valence-corrected chi connectivity index (χ3v) is 10.4. The summed E-state index contributed by atoms with van der Waals surface area (Å²) in [6.07, 6.45) is 16.1. The maximum absolute atomic E-state index is 12.5. The first-order valence-electron chi connectivity index (χ1n) is 18.1. The van der Waals surface area contributed by atoms with E-state index >= 15 is 0 Å². The number of halogens is 1. The average Bonchev–Trinajstić information content (AvgIpc) is 3.58. The number of hydrogen-bond acceptors (Lipinski definition) is 8. The van der Waals surface area contributed by atoms with Crippen LogP contribution in [0.2, 0.25) is 4.34 Å². The van der Waals surface area contributed by atoms with Crippen molar-refractivity contribution in [2.24, 2.45) is 11.8 Å². The number of anilines is 1. The van der Waals surface area contributed by atoms with E-state index in [1.54, 1.807) is 18.6 Å². The fourth-order valence-corrected chi connectivity index (χ4v) is 7.19. The summed E-state index contributed by atoms with van der Waals surface area (Å²) >= 11 is 7.15. The lowest BCUT2D eigenvalue weighted by Crippen LogP contribution is -2.25. The molecular formula is C43H43ClN4O5S.